The number of hydrogen-bond donors (Lipinski definition) is 0. The molecular formula is C8H11BrN2. The molecule has 0 saturated carbocycles. The van der Waals surface area contributed by atoms with Crippen molar-refractivity contribution in [3.63, 3.8) is 0 Å². The Morgan fingerprint density at radius 2 is 2.55 bits per heavy atom. The molecule has 1 atom stereocenters. The quantitative estimate of drug-likeness (QED) is 0.650. The predicted octanol–water partition coefficient (Wildman–Crippen LogP) is 2.54. The molecule has 0 bridgehead atoms. The highest BCUT2D eigenvalue weighted by molar-refractivity contribution is 9.10. The van der Waals surface area contributed by atoms with Crippen LogP contribution in [0.4, 0.5) is 0 Å². The SMILES string of the molecule is CC1CCCc2ncc(Br)n21. The summed E-state index contributed by atoms with van der Waals surface area (Å²) in [5.41, 5.74) is 0. The number of aryl methyl sites for hydroxylation is 1. The fraction of sp³-hybridized carbons (Fsp3) is 0.625. The lowest BCUT2D eigenvalue weighted by atomic mass is 10.1. The van der Waals surface area contributed by atoms with Gasteiger partial charge in [0, 0.05) is 12.5 Å². The van der Waals surface area contributed by atoms with Gasteiger partial charge < -0.3 is 4.57 Å². The first-order valence-electron chi connectivity index (χ1n) is 4.00. The van der Waals surface area contributed by atoms with Crippen LogP contribution in [0.25, 0.3) is 0 Å². The first-order valence-corrected chi connectivity index (χ1v) is 4.80. The molecule has 0 aliphatic carbocycles. The van der Waals surface area contributed by atoms with Crippen LogP contribution in [0.5, 0.6) is 0 Å². The standard InChI is InChI=1S/C8H11BrN2/c1-6-3-2-4-8-10-5-7(9)11(6)8/h5-6H,2-4H2,1H3. The van der Waals surface area contributed by atoms with E-state index in [-0.39, 0.29) is 0 Å². The number of rotatable bonds is 0. The zero-order valence-corrected chi connectivity index (χ0v) is 8.13. The molecule has 2 rings (SSSR count). The molecule has 0 amide bonds. The van der Waals surface area contributed by atoms with Crippen molar-refractivity contribution in [2.24, 2.45) is 0 Å². The highest BCUT2D eigenvalue weighted by atomic mass is 79.9. The number of fused-ring (bicyclic) bond motifs is 1. The van der Waals surface area contributed by atoms with Gasteiger partial charge in [0.25, 0.3) is 0 Å². The van der Waals surface area contributed by atoms with E-state index in [9.17, 15) is 0 Å². The van der Waals surface area contributed by atoms with E-state index in [4.69, 9.17) is 0 Å². The van der Waals surface area contributed by atoms with Crippen molar-refractivity contribution in [3.05, 3.63) is 16.6 Å². The molecule has 0 saturated heterocycles. The van der Waals surface area contributed by atoms with Crippen LogP contribution in [0.15, 0.2) is 10.8 Å². The van der Waals surface area contributed by atoms with E-state index < -0.39 is 0 Å². The van der Waals surface area contributed by atoms with Gasteiger partial charge in [-0.25, -0.2) is 4.98 Å². The Morgan fingerprint density at radius 1 is 1.73 bits per heavy atom. The lowest BCUT2D eigenvalue weighted by Crippen LogP contribution is -2.15. The van der Waals surface area contributed by atoms with E-state index in [1.807, 2.05) is 6.20 Å². The molecule has 1 aliphatic rings. The van der Waals surface area contributed by atoms with Gasteiger partial charge in [-0.1, -0.05) is 0 Å². The van der Waals surface area contributed by atoms with Crippen molar-refractivity contribution in [1.82, 2.24) is 9.55 Å². The summed E-state index contributed by atoms with van der Waals surface area (Å²) in [6, 6.07) is 0.621. The van der Waals surface area contributed by atoms with Gasteiger partial charge in [-0.3, -0.25) is 0 Å². The Balaban J connectivity index is 2.48. The molecule has 2 heterocycles. The maximum atomic E-state index is 4.32. The zero-order chi connectivity index (χ0) is 7.84. The second kappa shape index (κ2) is 2.63. The molecule has 2 nitrogen and oxygen atoms in total. The molecule has 60 valence electrons. The summed E-state index contributed by atoms with van der Waals surface area (Å²) in [4.78, 5) is 4.32. The van der Waals surface area contributed by atoms with Crippen LogP contribution in [-0.4, -0.2) is 9.55 Å². The van der Waals surface area contributed by atoms with Crippen molar-refractivity contribution in [2.75, 3.05) is 0 Å². The smallest absolute Gasteiger partial charge is 0.109 e. The summed E-state index contributed by atoms with van der Waals surface area (Å²) in [5.74, 6) is 1.23. The lowest BCUT2D eigenvalue weighted by Gasteiger charge is -2.22. The molecule has 0 radical (unpaired) electrons. The Bertz CT molecular complexity index is 267. The predicted molar refractivity (Wildman–Crippen MR) is 47.6 cm³/mol. The molecule has 1 aromatic rings. The summed E-state index contributed by atoms with van der Waals surface area (Å²) >= 11 is 3.49. The maximum absolute atomic E-state index is 4.32. The van der Waals surface area contributed by atoms with Gasteiger partial charge in [-0.05, 0) is 35.7 Å². The first-order chi connectivity index (χ1) is 5.29. The van der Waals surface area contributed by atoms with Gasteiger partial charge in [0.15, 0.2) is 0 Å². The van der Waals surface area contributed by atoms with Crippen LogP contribution in [0.1, 0.15) is 31.6 Å². The molecule has 11 heavy (non-hydrogen) atoms. The Kier molecular flexibility index (Phi) is 1.75. The molecule has 0 fully saturated rings. The second-order valence-electron chi connectivity index (χ2n) is 3.11. The number of halogens is 1. The number of nitrogens with zero attached hydrogens (tertiary/aromatic N) is 2. The lowest BCUT2D eigenvalue weighted by molar-refractivity contribution is 0.420. The van der Waals surface area contributed by atoms with Gasteiger partial charge in [0.1, 0.15) is 10.4 Å². The van der Waals surface area contributed by atoms with Crippen LogP contribution >= 0.6 is 15.9 Å². The minimum absolute atomic E-state index is 0.621. The summed E-state index contributed by atoms with van der Waals surface area (Å²) in [5, 5.41) is 0. The molecule has 1 unspecified atom stereocenters. The third-order valence-electron chi connectivity index (χ3n) is 2.29. The number of hydrogen-bond acceptors (Lipinski definition) is 1. The molecule has 1 aliphatic heterocycles. The number of aromatic nitrogens is 2. The highest BCUT2D eigenvalue weighted by Gasteiger charge is 2.18. The summed E-state index contributed by atoms with van der Waals surface area (Å²) in [6.45, 7) is 2.25. The van der Waals surface area contributed by atoms with Crippen molar-refractivity contribution in [1.29, 1.82) is 0 Å². The van der Waals surface area contributed by atoms with Crippen LogP contribution in [0.3, 0.4) is 0 Å². The third-order valence-corrected chi connectivity index (χ3v) is 2.88. The van der Waals surface area contributed by atoms with E-state index in [0.29, 0.717) is 6.04 Å². The topological polar surface area (TPSA) is 17.8 Å². The largest absolute Gasteiger partial charge is 0.320 e. The van der Waals surface area contributed by atoms with Crippen LogP contribution in [0.2, 0.25) is 0 Å². The van der Waals surface area contributed by atoms with Gasteiger partial charge in [0.05, 0.1) is 6.20 Å². The highest BCUT2D eigenvalue weighted by Crippen LogP contribution is 2.27. The Labute approximate surface area is 74.8 Å². The van der Waals surface area contributed by atoms with E-state index in [2.05, 4.69) is 32.4 Å². The summed E-state index contributed by atoms with van der Waals surface area (Å²) in [6.07, 6.45) is 5.60. The molecule has 0 spiro atoms. The first kappa shape index (κ1) is 7.35. The van der Waals surface area contributed by atoms with Crippen LogP contribution in [-0.2, 0) is 6.42 Å². The van der Waals surface area contributed by atoms with Gasteiger partial charge in [-0.15, -0.1) is 0 Å². The molecular weight excluding hydrogens is 204 g/mol. The third kappa shape index (κ3) is 1.11. The minimum atomic E-state index is 0.621. The zero-order valence-electron chi connectivity index (χ0n) is 6.55. The normalized spacial score (nSPS) is 23.3. The van der Waals surface area contributed by atoms with Crippen molar-refractivity contribution >= 4 is 15.9 Å². The van der Waals surface area contributed by atoms with E-state index >= 15 is 0 Å². The Hall–Kier alpha value is -0.310. The second-order valence-corrected chi connectivity index (χ2v) is 3.92. The van der Waals surface area contributed by atoms with Gasteiger partial charge in [-0.2, -0.15) is 0 Å². The molecule has 0 N–H and O–H groups in total. The summed E-state index contributed by atoms with van der Waals surface area (Å²) < 4.78 is 3.41. The number of imidazole rings is 1. The van der Waals surface area contributed by atoms with Crippen molar-refractivity contribution < 1.29 is 0 Å². The van der Waals surface area contributed by atoms with Crippen LogP contribution in [0, 0.1) is 0 Å². The van der Waals surface area contributed by atoms with E-state index in [1.165, 1.54) is 18.7 Å². The van der Waals surface area contributed by atoms with Crippen molar-refractivity contribution in [2.45, 2.75) is 32.2 Å². The fourth-order valence-corrected chi connectivity index (χ4v) is 2.37. The molecule has 1 aromatic heterocycles. The molecule has 0 aromatic carbocycles. The van der Waals surface area contributed by atoms with E-state index in [0.717, 1.165) is 11.0 Å². The average Bonchev–Trinajstić information content (AvgIpc) is 2.34. The summed E-state index contributed by atoms with van der Waals surface area (Å²) in [7, 11) is 0. The average molecular weight is 215 g/mol. The minimum Gasteiger partial charge on any atom is -0.320 e. The van der Waals surface area contributed by atoms with Gasteiger partial charge >= 0.3 is 0 Å². The van der Waals surface area contributed by atoms with Crippen LogP contribution < -0.4 is 0 Å². The van der Waals surface area contributed by atoms with E-state index in [1.54, 1.807) is 0 Å². The van der Waals surface area contributed by atoms with Crippen molar-refractivity contribution in [3.8, 4) is 0 Å². The molecule has 3 heteroatoms. The maximum Gasteiger partial charge on any atom is 0.109 e. The monoisotopic (exact) mass is 214 g/mol. The van der Waals surface area contributed by atoms with Gasteiger partial charge in [0.2, 0.25) is 0 Å². The Morgan fingerprint density at radius 3 is 3.27 bits per heavy atom. The fourth-order valence-electron chi connectivity index (χ4n) is 1.71.